The zero-order valence-corrected chi connectivity index (χ0v) is 18.7. The van der Waals surface area contributed by atoms with E-state index in [0.29, 0.717) is 50.9 Å². The van der Waals surface area contributed by atoms with Gasteiger partial charge in [0.25, 0.3) is 5.91 Å². The number of rotatable bonds is 11. The minimum absolute atomic E-state index is 0.0250. The third-order valence-corrected chi connectivity index (χ3v) is 5.13. The largest absolute Gasteiger partial charge is 0.497 e. The Labute approximate surface area is 189 Å². The van der Waals surface area contributed by atoms with Crippen molar-refractivity contribution in [3.8, 4) is 17.2 Å². The summed E-state index contributed by atoms with van der Waals surface area (Å²) < 4.78 is 21.6. The lowest BCUT2D eigenvalue weighted by molar-refractivity contribution is -0.137. The second kappa shape index (κ2) is 12.3. The lowest BCUT2D eigenvalue weighted by atomic mass is 10.2. The van der Waals surface area contributed by atoms with Gasteiger partial charge in [-0.05, 0) is 49.0 Å². The highest BCUT2D eigenvalue weighted by Crippen LogP contribution is 2.17. The van der Waals surface area contributed by atoms with Crippen LogP contribution < -0.4 is 14.2 Å². The number of nitrogens with zero attached hydrogens (tertiary/aromatic N) is 2. The zero-order valence-electron chi connectivity index (χ0n) is 18.7. The maximum Gasteiger partial charge on any atom is 0.260 e. The van der Waals surface area contributed by atoms with E-state index in [1.165, 1.54) is 0 Å². The van der Waals surface area contributed by atoms with Crippen LogP contribution in [-0.2, 0) is 16.1 Å². The van der Waals surface area contributed by atoms with Gasteiger partial charge in [-0.25, -0.2) is 0 Å². The van der Waals surface area contributed by atoms with E-state index in [9.17, 15) is 9.90 Å². The zero-order chi connectivity index (χ0) is 22.8. The second-order valence-electron chi connectivity index (χ2n) is 7.76. The summed E-state index contributed by atoms with van der Waals surface area (Å²) in [5.41, 5.74) is 1.09. The van der Waals surface area contributed by atoms with E-state index in [4.69, 9.17) is 18.9 Å². The molecule has 1 atom stereocenters. The molecule has 1 fully saturated rings. The van der Waals surface area contributed by atoms with E-state index in [1.807, 2.05) is 60.5 Å². The fourth-order valence-electron chi connectivity index (χ4n) is 3.39. The van der Waals surface area contributed by atoms with Gasteiger partial charge in [0.1, 0.15) is 30.0 Å². The number of benzene rings is 2. The SMILES string of the molecule is COc1ccc(OC[C@H](O)CN(C)Cc2ccc(OCC(=O)N3CCOCC3)cc2)cc1. The lowest BCUT2D eigenvalue weighted by Crippen LogP contribution is -2.42. The smallest absolute Gasteiger partial charge is 0.260 e. The highest BCUT2D eigenvalue weighted by atomic mass is 16.5. The van der Waals surface area contributed by atoms with Crippen LogP contribution in [0.2, 0.25) is 0 Å². The Bertz CT molecular complexity index is 821. The summed E-state index contributed by atoms with van der Waals surface area (Å²) in [5.74, 6) is 2.09. The molecule has 0 saturated carbocycles. The number of hydrogen-bond donors (Lipinski definition) is 1. The molecule has 8 heteroatoms. The van der Waals surface area contributed by atoms with Crippen molar-refractivity contribution in [3.05, 3.63) is 54.1 Å². The predicted molar refractivity (Wildman–Crippen MR) is 120 cm³/mol. The second-order valence-corrected chi connectivity index (χ2v) is 7.76. The molecule has 0 aliphatic carbocycles. The third-order valence-electron chi connectivity index (χ3n) is 5.13. The van der Waals surface area contributed by atoms with Crippen molar-refractivity contribution in [1.82, 2.24) is 9.80 Å². The Morgan fingerprint density at radius 2 is 1.62 bits per heavy atom. The van der Waals surface area contributed by atoms with E-state index < -0.39 is 6.10 Å². The summed E-state index contributed by atoms with van der Waals surface area (Å²) in [7, 11) is 3.56. The molecule has 1 heterocycles. The molecule has 0 aromatic heterocycles. The van der Waals surface area contributed by atoms with Crippen molar-refractivity contribution in [3.63, 3.8) is 0 Å². The van der Waals surface area contributed by atoms with E-state index in [-0.39, 0.29) is 19.1 Å². The van der Waals surface area contributed by atoms with Crippen molar-refractivity contribution in [2.45, 2.75) is 12.6 Å². The van der Waals surface area contributed by atoms with Gasteiger partial charge in [-0.1, -0.05) is 12.1 Å². The molecule has 1 aliphatic rings. The maximum atomic E-state index is 12.2. The summed E-state index contributed by atoms with van der Waals surface area (Å²) in [6.07, 6.45) is -0.615. The predicted octanol–water partition coefficient (Wildman–Crippen LogP) is 1.80. The number of likely N-dealkylation sites (N-methyl/N-ethyl adjacent to an activating group) is 1. The van der Waals surface area contributed by atoms with Crippen LogP contribution in [0.1, 0.15) is 5.56 Å². The molecule has 1 saturated heterocycles. The summed E-state index contributed by atoms with van der Waals surface area (Å²) in [5, 5.41) is 10.3. The van der Waals surface area contributed by atoms with Gasteiger partial charge in [-0.15, -0.1) is 0 Å². The molecule has 0 radical (unpaired) electrons. The van der Waals surface area contributed by atoms with Gasteiger partial charge in [-0.3, -0.25) is 9.69 Å². The van der Waals surface area contributed by atoms with Gasteiger partial charge in [-0.2, -0.15) is 0 Å². The molecule has 2 aromatic rings. The molecule has 0 unspecified atom stereocenters. The fourth-order valence-corrected chi connectivity index (χ4v) is 3.39. The number of methoxy groups -OCH3 is 1. The van der Waals surface area contributed by atoms with Crippen LogP contribution in [0.15, 0.2) is 48.5 Å². The molecule has 1 N–H and O–H groups in total. The van der Waals surface area contributed by atoms with Crippen molar-refractivity contribution >= 4 is 5.91 Å². The van der Waals surface area contributed by atoms with Crippen LogP contribution in [0.3, 0.4) is 0 Å². The molecule has 1 amide bonds. The average molecular weight is 445 g/mol. The summed E-state index contributed by atoms with van der Waals surface area (Å²) in [4.78, 5) is 15.9. The van der Waals surface area contributed by atoms with Gasteiger partial charge in [0.05, 0.1) is 20.3 Å². The number of hydrogen-bond acceptors (Lipinski definition) is 7. The summed E-state index contributed by atoms with van der Waals surface area (Å²) in [6.45, 7) is 3.77. The first kappa shape index (κ1) is 23.8. The summed E-state index contributed by atoms with van der Waals surface area (Å²) in [6, 6.07) is 14.9. The normalized spacial score (nSPS) is 14.8. The number of carbonyl (C=O) groups is 1. The van der Waals surface area contributed by atoms with Crippen molar-refractivity contribution in [2.24, 2.45) is 0 Å². The highest BCUT2D eigenvalue weighted by molar-refractivity contribution is 5.77. The van der Waals surface area contributed by atoms with Gasteiger partial charge >= 0.3 is 0 Å². The molecule has 2 aromatic carbocycles. The highest BCUT2D eigenvalue weighted by Gasteiger charge is 2.17. The van der Waals surface area contributed by atoms with Crippen molar-refractivity contribution in [1.29, 1.82) is 0 Å². The van der Waals surface area contributed by atoms with Crippen LogP contribution >= 0.6 is 0 Å². The standard InChI is InChI=1S/C24H32N2O6/c1-25(16-20(27)17-31-23-9-7-21(29-2)8-10-23)15-19-3-5-22(6-4-19)32-18-24(28)26-11-13-30-14-12-26/h3-10,20,27H,11-18H2,1-2H3/t20-/m1/s1. The third kappa shape index (κ3) is 7.71. The minimum atomic E-state index is -0.615. The van der Waals surface area contributed by atoms with Gasteiger partial charge < -0.3 is 29.0 Å². The maximum absolute atomic E-state index is 12.2. The molecule has 3 rings (SSSR count). The van der Waals surface area contributed by atoms with Gasteiger partial charge in [0.15, 0.2) is 6.61 Å². The fraction of sp³-hybridized carbons (Fsp3) is 0.458. The number of carbonyl (C=O) groups excluding carboxylic acids is 1. The lowest BCUT2D eigenvalue weighted by Gasteiger charge is -2.26. The molecule has 8 nitrogen and oxygen atoms in total. The molecule has 0 spiro atoms. The first-order chi connectivity index (χ1) is 15.5. The van der Waals surface area contributed by atoms with E-state index in [0.717, 1.165) is 11.3 Å². The molecule has 32 heavy (non-hydrogen) atoms. The first-order valence-corrected chi connectivity index (χ1v) is 10.7. The first-order valence-electron chi connectivity index (χ1n) is 10.7. The molecule has 174 valence electrons. The number of aliphatic hydroxyl groups is 1. The molecular formula is C24H32N2O6. The number of ether oxygens (including phenoxy) is 4. The van der Waals surface area contributed by atoms with Crippen LogP contribution in [0.25, 0.3) is 0 Å². The van der Waals surface area contributed by atoms with Gasteiger partial charge in [0, 0.05) is 26.2 Å². The summed E-state index contributed by atoms with van der Waals surface area (Å²) >= 11 is 0. The Morgan fingerprint density at radius 1 is 1.03 bits per heavy atom. The molecule has 0 bridgehead atoms. The Morgan fingerprint density at radius 3 is 2.28 bits per heavy atom. The number of amides is 1. The van der Waals surface area contributed by atoms with E-state index in [1.54, 1.807) is 12.0 Å². The number of aliphatic hydroxyl groups excluding tert-OH is 1. The van der Waals surface area contributed by atoms with Crippen LogP contribution in [0, 0.1) is 0 Å². The molecular weight excluding hydrogens is 412 g/mol. The Balaban J connectivity index is 1.36. The average Bonchev–Trinajstić information content (AvgIpc) is 2.83. The Kier molecular flexibility index (Phi) is 9.15. The topological polar surface area (TPSA) is 80.7 Å². The Hall–Kier alpha value is -2.81. The van der Waals surface area contributed by atoms with Crippen molar-refractivity contribution < 1.29 is 28.8 Å². The number of morpholine rings is 1. The van der Waals surface area contributed by atoms with Crippen LogP contribution in [0.4, 0.5) is 0 Å². The van der Waals surface area contributed by atoms with Crippen molar-refractivity contribution in [2.75, 3.05) is 60.2 Å². The van der Waals surface area contributed by atoms with Crippen LogP contribution in [0.5, 0.6) is 17.2 Å². The minimum Gasteiger partial charge on any atom is -0.497 e. The monoisotopic (exact) mass is 444 g/mol. The van der Waals surface area contributed by atoms with E-state index >= 15 is 0 Å². The molecule has 1 aliphatic heterocycles. The van der Waals surface area contributed by atoms with Gasteiger partial charge in [0.2, 0.25) is 0 Å². The van der Waals surface area contributed by atoms with E-state index in [2.05, 4.69) is 0 Å². The quantitative estimate of drug-likeness (QED) is 0.566. The van der Waals surface area contributed by atoms with Crippen LogP contribution in [-0.4, -0.2) is 87.1 Å².